The van der Waals surface area contributed by atoms with Crippen molar-refractivity contribution < 1.29 is 27.6 Å². The minimum absolute atomic E-state index is 0.105. The van der Waals surface area contributed by atoms with Gasteiger partial charge in [-0.25, -0.2) is 8.42 Å². The molecule has 10 heteroatoms. The van der Waals surface area contributed by atoms with Gasteiger partial charge in [0.05, 0.1) is 18.6 Å². The molecule has 1 fully saturated rings. The first-order valence-corrected chi connectivity index (χ1v) is 12.9. The van der Waals surface area contributed by atoms with E-state index in [0.717, 1.165) is 4.90 Å². The second-order valence-electron chi connectivity index (χ2n) is 7.98. The lowest BCUT2D eigenvalue weighted by atomic mass is 10.1. The zero-order chi connectivity index (χ0) is 26.6. The number of rotatable bonds is 8. The van der Waals surface area contributed by atoms with Crippen LogP contribution in [0.1, 0.15) is 23.4 Å². The van der Waals surface area contributed by atoms with Gasteiger partial charge in [0.15, 0.2) is 5.37 Å². The molecule has 1 amide bonds. The number of nitro benzene ring substituents is 1. The number of sulfone groups is 1. The topological polar surface area (TPSA) is 116 Å². The fourth-order valence-corrected chi connectivity index (χ4v) is 5.91. The fourth-order valence-electron chi connectivity index (χ4n) is 4.06. The molecule has 9 nitrogen and oxygen atoms in total. The van der Waals surface area contributed by atoms with Crippen molar-refractivity contribution in [2.75, 3.05) is 18.6 Å². The van der Waals surface area contributed by atoms with Crippen LogP contribution in [0.5, 0.6) is 11.5 Å². The van der Waals surface area contributed by atoms with Crippen LogP contribution in [0.4, 0.5) is 11.4 Å². The zero-order valence-corrected chi connectivity index (χ0v) is 20.9. The monoisotopic (exact) mass is 520 g/mol. The highest BCUT2D eigenvalue weighted by Crippen LogP contribution is 2.43. The number of non-ortho nitro benzene ring substituents is 1. The van der Waals surface area contributed by atoms with Gasteiger partial charge in [0.2, 0.25) is 9.84 Å². The lowest BCUT2D eigenvalue weighted by Crippen LogP contribution is -2.29. The maximum Gasteiger partial charge on any atom is 0.271 e. The van der Waals surface area contributed by atoms with Crippen molar-refractivity contribution in [2.45, 2.75) is 12.3 Å². The standard InChI is InChI=1S/C27H24N2O7S/c1-3-36-23-16-14-21(15-17-23)28-26(30)25(13-7-9-19-8-4-5-12-24(19)35-2)37(33,34)27(28)20-10-6-11-22(18-20)29(31)32/h4-18,27H,3H2,1-2H3/b9-7+,25-13+/t27-/m1/s1. The highest BCUT2D eigenvalue weighted by molar-refractivity contribution is 7.97. The molecule has 1 aliphatic heterocycles. The molecule has 1 heterocycles. The SMILES string of the molecule is CCOc1ccc(N2C(=O)/C(=C\C=C\c3ccccc3OC)S(=O)(=O)[C@@H]2c2cccc([N+](=O)[O-])c2)cc1. The molecule has 0 radical (unpaired) electrons. The Labute approximate surface area is 214 Å². The average molecular weight is 521 g/mol. The number of methoxy groups -OCH3 is 1. The number of ether oxygens (including phenoxy) is 2. The number of anilines is 1. The van der Waals surface area contributed by atoms with Gasteiger partial charge in [0.25, 0.3) is 11.6 Å². The Bertz CT molecular complexity index is 1500. The number of nitrogens with zero attached hydrogens (tertiary/aromatic N) is 2. The second-order valence-corrected chi connectivity index (χ2v) is 9.96. The van der Waals surface area contributed by atoms with E-state index >= 15 is 0 Å². The maximum absolute atomic E-state index is 13.7. The molecular weight excluding hydrogens is 496 g/mol. The van der Waals surface area contributed by atoms with E-state index in [-0.39, 0.29) is 11.3 Å². The molecule has 0 spiro atoms. The van der Waals surface area contributed by atoms with Crippen LogP contribution in [0.2, 0.25) is 0 Å². The molecule has 0 bridgehead atoms. The molecule has 0 N–H and O–H groups in total. The molecule has 0 saturated carbocycles. The summed E-state index contributed by atoms with van der Waals surface area (Å²) >= 11 is 0. The van der Waals surface area contributed by atoms with Crippen LogP contribution >= 0.6 is 0 Å². The molecule has 0 aromatic heterocycles. The molecule has 1 saturated heterocycles. The molecule has 190 valence electrons. The van der Waals surface area contributed by atoms with Gasteiger partial charge in [-0.1, -0.05) is 42.5 Å². The summed E-state index contributed by atoms with van der Waals surface area (Å²) < 4.78 is 38.2. The quantitative estimate of drug-likeness (QED) is 0.232. The number of amides is 1. The van der Waals surface area contributed by atoms with Gasteiger partial charge >= 0.3 is 0 Å². The van der Waals surface area contributed by atoms with Crippen LogP contribution in [-0.2, 0) is 14.6 Å². The van der Waals surface area contributed by atoms with Crippen molar-refractivity contribution in [1.29, 1.82) is 0 Å². The van der Waals surface area contributed by atoms with Crippen molar-refractivity contribution in [2.24, 2.45) is 0 Å². The Morgan fingerprint density at radius 2 is 1.78 bits per heavy atom. The van der Waals surface area contributed by atoms with Gasteiger partial charge < -0.3 is 9.47 Å². The third-order valence-electron chi connectivity index (χ3n) is 5.72. The average Bonchev–Trinajstić information content (AvgIpc) is 3.09. The van der Waals surface area contributed by atoms with Crippen LogP contribution in [0.3, 0.4) is 0 Å². The fraction of sp³-hybridized carbons (Fsp3) is 0.148. The summed E-state index contributed by atoms with van der Waals surface area (Å²) in [5.41, 5.74) is 0.836. The number of hydrogen-bond donors (Lipinski definition) is 0. The third kappa shape index (κ3) is 5.10. The smallest absolute Gasteiger partial charge is 0.271 e. The summed E-state index contributed by atoms with van der Waals surface area (Å²) in [5.74, 6) is 0.400. The molecule has 1 aliphatic rings. The predicted octanol–water partition coefficient (Wildman–Crippen LogP) is 5.06. The number of carbonyl (C=O) groups excluding carboxylic acids is 1. The summed E-state index contributed by atoms with van der Waals surface area (Å²) in [6, 6.07) is 18.9. The Kier molecular flexibility index (Phi) is 7.40. The van der Waals surface area contributed by atoms with Crippen LogP contribution < -0.4 is 14.4 Å². The minimum atomic E-state index is -4.26. The Balaban J connectivity index is 1.82. The molecular formula is C27H24N2O7S. The number of nitro groups is 1. The van der Waals surface area contributed by atoms with Crippen LogP contribution in [0.15, 0.2) is 89.9 Å². The van der Waals surface area contributed by atoms with Crippen molar-refractivity contribution in [1.82, 2.24) is 0 Å². The Morgan fingerprint density at radius 3 is 2.46 bits per heavy atom. The highest BCUT2D eigenvalue weighted by Gasteiger charge is 2.50. The van der Waals surface area contributed by atoms with E-state index in [1.165, 1.54) is 43.5 Å². The molecule has 37 heavy (non-hydrogen) atoms. The molecule has 1 atom stereocenters. The number of hydrogen-bond acceptors (Lipinski definition) is 7. The summed E-state index contributed by atoms with van der Waals surface area (Å²) in [7, 11) is -2.74. The first-order chi connectivity index (χ1) is 17.8. The molecule has 3 aromatic rings. The summed E-state index contributed by atoms with van der Waals surface area (Å²) in [4.78, 5) is 25.0. The van der Waals surface area contributed by atoms with Gasteiger partial charge in [-0.15, -0.1) is 0 Å². The van der Waals surface area contributed by atoms with E-state index in [0.29, 0.717) is 29.4 Å². The number of benzene rings is 3. The number of carbonyl (C=O) groups is 1. The summed E-state index contributed by atoms with van der Waals surface area (Å²) in [5, 5.41) is 9.89. The van der Waals surface area contributed by atoms with Gasteiger partial charge in [0.1, 0.15) is 16.4 Å². The minimum Gasteiger partial charge on any atom is -0.496 e. The molecule has 0 unspecified atom stereocenters. The van der Waals surface area contributed by atoms with E-state index < -0.39 is 30.9 Å². The normalized spacial score (nSPS) is 17.9. The van der Waals surface area contributed by atoms with E-state index in [2.05, 4.69) is 0 Å². The van der Waals surface area contributed by atoms with Crippen molar-refractivity contribution in [3.05, 3.63) is 111 Å². The molecule has 0 aliphatic carbocycles. The lowest BCUT2D eigenvalue weighted by molar-refractivity contribution is -0.384. The number of allylic oxidation sites excluding steroid dienone is 2. The van der Waals surface area contributed by atoms with E-state index in [4.69, 9.17) is 9.47 Å². The largest absolute Gasteiger partial charge is 0.496 e. The maximum atomic E-state index is 13.7. The van der Waals surface area contributed by atoms with Gasteiger partial charge in [-0.05, 0) is 48.9 Å². The highest BCUT2D eigenvalue weighted by atomic mass is 32.2. The van der Waals surface area contributed by atoms with E-state index in [9.17, 15) is 23.3 Å². The van der Waals surface area contributed by atoms with E-state index in [1.54, 1.807) is 54.6 Å². The number of para-hydroxylation sites is 1. The van der Waals surface area contributed by atoms with Crippen molar-refractivity contribution >= 4 is 33.2 Å². The van der Waals surface area contributed by atoms with Crippen LogP contribution in [0, 0.1) is 10.1 Å². The Morgan fingerprint density at radius 1 is 1.05 bits per heavy atom. The first-order valence-electron chi connectivity index (χ1n) is 11.3. The second kappa shape index (κ2) is 10.7. The summed E-state index contributed by atoms with van der Waals surface area (Å²) in [6.45, 7) is 2.27. The van der Waals surface area contributed by atoms with Gasteiger partial charge in [0, 0.05) is 23.4 Å². The van der Waals surface area contributed by atoms with Gasteiger partial charge in [-0.2, -0.15) is 0 Å². The third-order valence-corrected chi connectivity index (χ3v) is 7.71. The molecule has 4 rings (SSSR count). The van der Waals surface area contributed by atoms with E-state index in [1.807, 2.05) is 6.92 Å². The van der Waals surface area contributed by atoms with Crippen molar-refractivity contribution in [3.8, 4) is 11.5 Å². The van der Waals surface area contributed by atoms with Crippen molar-refractivity contribution in [3.63, 3.8) is 0 Å². The van der Waals surface area contributed by atoms with Gasteiger partial charge in [-0.3, -0.25) is 19.8 Å². The first kappa shape index (κ1) is 25.6. The lowest BCUT2D eigenvalue weighted by Gasteiger charge is -2.23. The van der Waals surface area contributed by atoms with Crippen LogP contribution in [-0.4, -0.2) is 33.0 Å². The Hall–Kier alpha value is -4.44. The summed E-state index contributed by atoms with van der Waals surface area (Å²) in [6.07, 6.45) is 4.34. The van der Waals surface area contributed by atoms with Crippen LogP contribution in [0.25, 0.3) is 6.08 Å². The zero-order valence-electron chi connectivity index (χ0n) is 20.1. The predicted molar refractivity (Wildman–Crippen MR) is 140 cm³/mol. The molecule has 3 aromatic carbocycles.